The molecular weight excluding hydrogens is 218 g/mol. The third-order valence-corrected chi connectivity index (χ3v) is 3.30. The zero-order chi connectivity index (χ0) is 11.4. The molecule has 2 aromatic rings. The first-order chi connectivity index (χ1) is 7.83. The van der Waals surface area contributed by atoms with E-state index in [2.05, 4.69) is 53.0 Å². The molecule has 0 fully saturated rings. The number of nitrogens with one attached hydrogen (secondary N) is 1. The highest BCUT2D eigenvalue weighted by Gasteiger charge is 2.16. The van der Waals surface area contributed by atoms with Gasteiger partial charge >= 0.3 is 0 Å². The largest absolute Gasteiger partial charge is 0.306 e. The van der Waals surface area contributed by atoms with Crippen LogP contribution in [0.2, 0.25) is 0 Å². The van der Waals surface area contributed by atoms with Gasteiger partial charge in [-0.05, 0) is 36.1 Å². The highest BCUT2D eigenvalue weighted by molar-refractivity contribution is 7.05. The van der Waals surface area contributed by atoms with E-state index in [0.717, 1.165) is 11.4 Å². The van der Waals surface area contributed by atoms with Crippen molar-refractivity contribution in [1.82, 2.24) is 14.9 Å². The first kappa shape index (κ1) is 11.2. The maximum absolute atomic E-state index is 3.93. The van der Waals surface area contributed by atoms with E-state index in [4.69, 9.17) is 0 Å². The Labute approximate surface area is 99.7 Å². The Morgan fingerprint density at radius 2 is 2.19 bits per heavy atom. The summed E-state index contributed by atoms with van der Waals surface area (Å²) in [5, 5.41) is 7.38. The molecule has 1 aromatic heterocycles. The van der Waals surface area contributed by atoms with Gasteiger partial charge in [0.05, 0.1) is 17.1 Å². The Morgan fingerprint density at radius 1 is 1.38 bits per heavy atom. The lowest BCUT2D eigenvalue weighted by Crippen LogP contribution is -2.21. The molecule has 0 aliphatic rings. The molecule has 1 aromatic carbocycles. The van der Waals surface area contributed by atoms with Crippen molar-refractivity contribution in [2.45, 2.75) is 19.9 Å². The van der Waals surface area contributed by atoms with Crippen LogP contribution in [0.5, 0.6) is 0 Å². The van der Waals surface area contributed by atoms with Crippen LogP contribution in [0.3, 0.4) is 0 Å². The molecule has 0 radical (unpaired) electrons. The summed E-state index contributed by atoms with van der Waals surface area (Å²) < 4.78 is 3.93. The lowest BCUT2D eigenvalue weighted by Gasteiger charge is -2.17. The average molecular weight is 233 g/mol. The molecule has 1 N–H and O–H groups in total. The zero-order valence-electron chi connectivity index (χ0n) is 9.47. The Bertz CT molecular complexity index is 439. The standard InChI is InChI=1S/C12H15N3S/c1-3-13-12(11-8-14-15-16-11)10-7-5-4-6-9(10)2/h4-8,12-13H,3H2,1-2H3. The number of benzene rings is 1. The summed E-state index contributed by atoms with van der Waals surface area (Å²) in [6, 6.07) is 8.64. The predicted octanol–water partition coefficient (Wildman–Crippen LogP) is 2.55. The molecular formula is C12H15N3S. The van der Waals surface area contributed by atoms with Crippen LogP contribution in [0.15, 0.2) is 30.5 Å². The third-order valence-electron chi connectivity index (χ3n) is 2.57. The SMILES string of the molecule is CCNC(c1cnns1)c1ccccc1C. The molecule has 1 heterocycles. The normalized spacial score (nSPS) is 12.6. The molecule has 1 atom stereocenters. The molecule has 0 saturated heterocycles. The quantitative estimate of drug-likeness (QED) is 0.882. The lowest BCUT2D eigenvalue weighted by molar-refractivity contribution is 0.635. The van der Waals surface area contributed by atoms with E-state index in [-0.39, 0.29) is 6.04 Å². The number of nitrogens with zero attached hydrogens (tertiary/aromatic N) is 2. The first-order valence-electron chi connectivity index (χ1n) is 5.39. The van der Waals surface area contributed by atoms with Gasteiger partial charge in [-0.15, -0.1) is 5.10 Å². The van der Waals surface area contributed by atoms with Gasteiger partial charge in [-0.25, -0.2) is 0 Å². The zero-order valence-corrected chi connectivity index (χ0v) is 10.3. The Morgan fingerprint density at radius 3 is 2.81 bits per heavy atom. The Kier molecular flexibility index (Phi) is 3.64. The third kappa shape index (κ3) is 2.28. The van der Waals surface area contributed by atoms with Crippen LogP contribution in [0.4, 0.5) is 0 Å². The molecule has 0 spiro atoms. The summed E-state index contributed by atoms with van der Waals surface area (Å²) in [4.78, 5) is 1.16. The monoisotopic (exact) mass is 233 g/mol. The summed E-state index contributed by atoms with van der Waals surface area (Å²) in [7, 11) is 0. The molecule has 0 amide bonds. The van der Waals surface area contributed by atoms with Crippen molar-refractivity contribution < 1.29 is 0 Å². The van der Waals surface area contributed by atoms with Crippen molar-refractivity contribution in [3.05, 3.63) is 46.5 Å². The Balaban J connectivity index is 2.37. The van der Waals surface area contributed by atoms with Gasteiger partial charge in [0.15, 0.2) is 0 Å². The molecule has 16 heavy (non-hydrogen) atoms. The number of hydrogen-bond acceptors (Lipinski definition) is 4. The van der Waals surface area contributed by atoms with Gasteiger partial charge in [0.25, 0.3) is 0 Å². The first-order valence-corrected chi connectivity index (χ1v) is 6.16. The van der Waals surface area contributed by atoms with Gasteiger partial charge in [-0.3, -0.25) is 0 Å². The maximum Gasteiger partial charge on any atom is 0.0706 e. The minimum absolute atomic E-state index is 0.214. The number of rotatable bonds is 4. The summed E-state index contributed by atoms with van der Waals surface area (Å²) in [6.45, 7) is 5.17. The van der Waals surface area contributed by atoms with Crippen LogP contribution in [0.1, 0.15) is 29.0 Å². The van der Waals surface area contributed by atoms with Gasteiger partial charge in [0.2, 0.25) is 0 Å². The van der Waals surface area contributed by atoms with Crippen LogP contribution < -0.4 is 5.32 Å². The van der Waals surface area contributed by atoms with E-state index >= 15 is 0 Å². The molecule has 4 heteroatoms. The van der Waals surface area contributed by atoms with Crippen LogP contribution in [-0.4, -0.2) is 16.1 Å². The maximum atomic E-state index is 3.93. The fourth-order valence-electron chi connectivity index (χ4n) is 1.78. The van der Waals surface area contributed by atoms with Crippen LogP contribution in [0.25, 0.3) is 0 Å². The highest BCUT2D eigenvalue weighted by atomic mass is 32.1. The summed E-state index contributed by atoms with van der Waals surface area (Å²) in [5.74, 6) is 0. The van der Waals surface area contributed by atoms with Crippen molar-refractivity contribution in [3.8, 4) is 0 Å². The average Bonchev–Trinajstić information content (AvgIpc) is 2.80. The van der Waals surface area contributed by atoms with E-state index in [1.165, 1.54) is 22.7 Å². The van der Waals surface area contributed by atoms with Crippen LogP contribution in [-0.2, 0) is 0 Å². The van der Waals surface area contributed by atoms with Gasteiger partial charge in [-0.1, -0.05) is 35.7 Å². The fourth-order valence-corrected chi connectivity index (χ4v) is 2.38. The topological polar surface area (TPSA) is 37.8 Å². The van der Waals surface area contributed by atoms with E-state index in [9.17, 15) is 0 Å². The van der Waals surface area contributed by atoms with E-state index in [0.29, 0.717) is 0 Å². The van der Waals surface area contributed by atoms with Gasteiger partial charge in [0.1, 0.15) is 0 Å². The smallest absolute Gasteiger partial charge is 0.0706 e. The van der Waals surface area contributed by atoms with Gasteiger partial charge in [0, 0.05) is 0 Å². The molecule has 0 aliphatic carbocycles. The van der Waals surface area contributed by atoms with Crippen molar-refractivity contribution in [2.75, 3.05) is 6.54 Å². The van der Waals surface area contributed by atoms with Crippen molar-refractivity contribution in [1.29, 1.82) is 0 Å². The summed E-state index contributed by atoms with van der Waals surface area (Å²) >= 11 is 1.45. The lowest BCUT2D eigenvalue weighted by atomic mass is 10.0. The van der Waals surface area contributed by atoms with E-state index < -0.39 is 0 Å². The van der Waals surface area contributed by atoms with Crippen molar-refractivity contribution in [2.24, 2.45) is 0 Å². The van der Waals surface area contributed by atoms with E-state index in [1.807, 2.05) is 6.20 Å². The second-order valence-corrected chi connectivity index (χ2v) is 4.48. The Hall–Kier alpha value is -1.26. The minimum Gasteiger partial charge on any atom is -0.306 e. The van der Waals surface area contributed by atoms with Crippen LogP contribution in [0, 0.1) is 6.92 Å². The molecule has 0 aliphatic heterocycles. The molecule has 0 bridgehead atoms. The fraction of sp³-hybridized carbons (Fsp3) is 0.333. The second kappa shape index (κ2) is 5.18. The molecule has 1 unspecified atom stereocenters. The van der Waals surface area contributed by atoms with Gasteiger partial charge < -0.3 is 5.32 Å². The number of aryl methyl sites for hydroxylation is 1. The number of hydrogen-bond donors (Lipinski definition) is 1. The molecule has 2 rings (SSSR count). The highest BCUT2D eigenvalue weighted by Crippen LogP contribution is 2.25. The summed E-state index contributed by atoms with van der Waals surface area (Å²) in [5.41, 5.74) is 2.59. The van der Waals surface area contributed by atoms with E-state index in [1.54, 1.807) is 0 Å². The van der Waals surface area contributed by atoms with Crippen molar-refractivity contribution in [3.63, 3.8) is 0 Å². The van der Waals surface area contributed by atoms with Crippen molar-refractivity contribution >= 4 is 11.5 Å². The van der Waals surface area contributed by atoms with Crippen LogP contribution >= 0.6 is 11.5 Å². The molecule has 3 nitrogen and oxygen atoms in total. The molecule has 84 valence electrons. The van der Waals surface area contributed by atoms with Gasteiger partial charge in [-0.2, -0.15) is 0 Å². The number of aromatic nitrogens is 2. The minimum atomic E-state index is 0.214. The molecule has 0 saturated carbocycles. The summed E-state index contributed by atoms with van der Waals surface area (Å²) in [6.07, 6.45) is 1.84. The predicted molar refractivity (Wildman–Crippen MR) is 66.6 cm³/mol. The second-order valence-electron chi connectivity index (χ2n) is 3.67.